The highest BCUT2D eigenvalue weighted by molar-refractivity contribution is 7.99. The van der Waals surface area contributed by atoms with Gasteiger partial charge in [0, 0.05) is 13.1 Å². The minimum Gasteiger partial charge on any atom is -0.369 e. The molecule has 2 N–H and O–H groups in total. The largest absolute Gasteiger partial charge is 0.369 e. The van der Waals surface area contributed by atoms with Crippen LogP contribution in [0, 0.1) is 5.92 Å². The van der Waals surface area contributed by atoms with Crippen LogP contribution in [0.3, 0.4) is 0 Å². The second-order valence-corrected chi connectivity index (χ2v) is 9.06. The molecular weight excluding hydrogens is 408 g/mol. The van der Waals surface area contributed by atoms with Crippen LogP contribution in [0.5, 0.6) is 0 Å². The number of nitrogens with zero attached hydrogens (tertiary/aromatic N) is 4. The third-order valence-corrected chi connectivity index (χ3v) is 5.71. The topological polar surface area (TPSA) is 84.7 Å². The van der Waals surface area contributed by atoms with Crippen molar-refractivity contribution in [3.63, 3.8) is 0 Å². The van der Waals surface area contributed by atoms with Gasteiger partial charge in [0.1, 0.15) is 5.82 Å². The number of benzene rings is 1. The van der Waals surface area contributed by atoms with Gasteiger partial charge in [-0.3, -0.25) is 4.79 Å². The molecule has 0 aliphatic rings. The highest BCUT2D eigenvalue weighted by atomic mass is 32.2. The van der Waals surface area contributed by atoms with Crippen LogP contribution in [0.1, 0.15) is 45.6 Å². The zero-order valence-electron chi connectivity index (χ0n) is 18.8. The van der Waals surface area contributed by atoms with Gasteiger partial charge in [0.2, 0.25) is 5.91 Å². The molecular formula is C23H32N6OS. The SMILES string of the molecule is CCSc1nc(NCC(C)C)c2cnn(CCNC(=O)C(CC)c3ccccc3)c2n1. The number of hydrogen-bond acceptors (Lipinski definition) is 6. The van der Waals surface area contributed by atoms with Gasteiger partial charge in [0.15, 0.2) is 10.8 Å². The van der Waals surface area contributed by atoms with E-state index in [0.29, 0.717) is 19.0 Å². The third kappa shape index (κ3) is 5.97. The number of rotatable bonds is 11. The summed E-state index contributed by atoms with van der Waals surface area (Å²) in [6.45, 7) is 10.3. The summed E-state index contributed by atoms with van der Waals surface area (Å²) < 4.78 is 1.85. The fraction of sp³-hybridized carbons (Fsp3) is 0.478. The van der Waals surface area contributed by atoms with Crippen LogP contribution in [0.25, 0.3) is 11.0 Å². The minimum absolute atomic E-state index is 0.0429. The Kier molecular flexibility index (Phi) is 8.28. The number of fused-ring (bicyclic) bond motifs is 1. The molecule has 0 saturated heterocycles. The first kappa shape index (κ1) is 23.1. The lowest BCUT2D eigenvalue weighted by Gasteiger charge is -2.15. The fourth-order valence-electron chi connectivity index (χ4n) is 3.39. The maximum Gasteiger partial charge on any atom is 0.227 e. The molecule has 166 valence electrons. The van der Waals surface area contributed by atoms with Gasteiger partial charge in [-0.2, -0.15) is 5.10 Å². The molecule has 1 atom stereocenters. The van der Waals surface area contributed by atoms with E-state index in [4.69, 9.17) is 4.98 Å². The van der Waals surface area contributed by atoms with Gasteiger partial charge in [0.25, 0.3) is 0 Å². The molecule has 0 fully saturated rings. The van der Waals surface area contributed by atoms with E-state index in [1.54, 1.807) is 18.0 Å². The van der Waals surface area contributed by atoms with Crippen LogP contribution < -0.4 is 10.6 Å². The molecule has 0 aliphatic carbocycles. The van der Waals surface area contributed by atoms with Gasteiger partial charge in [-0.05, 0) is 23.7 Å². The Morgan fingerprint density at radius 2 is 1.94 bits per heavy atom. The summed E-state index contributed by atoms with van der Waals surface area (Å²) in [5, 5.41) is 12.7. The summed E-state index contributed by atoms with van der Waals surface area (Å²) in [6, 6.07) is 9.91. The Labute approximate surface area is 188 Å². The zero-order valence-corrected chi connectivity index (χ0v) is 19.6. The van der Waals surface area contributed by atoms with Crippen molar-refractivity contribution in [2.45, 2.75) is 51.7 Å². The Morgan fingerprint density at radius 3 is 2.61 bits per heavy atom. The van der Waals surface area contributed by atoms with Crippen molar-refractivity contribution < 1.29 is 4.79 Å². The van der Waals surface area contributed by atoms with Gasteiger partial charge in [-0.1, -0.05) is 69.8 Å². The van der Waals surface area contributed by atoms with Gasteiger partial charge < -0.3 is 10.6 Å². The van der Waals surface area contributed by atoms with Crippen molar-refractivity contribution in [2.75, 3.05) is 24.2 Å². The molecule has 0 spiro atoms. The maximum atomic E-state index is 12.7. The lowest BCUT2D eigenvalue weighted by molar-refractivity contribution is -0.122. The lowest BCUT2D eigenvalue weighted by Crippen LogP contribution is -2.32. The predicted molar refractivity (Wildman–Crippen MR) is 128 cm³/mol. The molecule has 8 heteroatoms. The smallest absolute Gasteiger partial charge is 0.227 e. The van der Waals surface area contributed by atoms with Crippen molar-refractivity contribution in [1.82, 2.24) is 25.1 Å². The molecule has 3 aromatic rings. The third-order valence-electron chi connectivity index (χ3n) is 4.98. The second-order valence-electron chi connectivity index (χ2n) is 7.83. The average Bonchev–Trinajstić information content (AvgIpc) is 3.16. The van der Waals surface area contributed by atoms with E-state index >= 15 is 0 Å². The van der Waals surface area contributed by atoms with Gasteiger partial charge in [-0.15, -0.1) is 0 Å². The van der Waals surface area contributed by atoms with E-state index < -0.39 is 0 Å². The van der Waals surface area contributed by atoms with E-state index in [1.165, 1.54) is 0 Å². The molecule has 0 aliphatic heterocycles. The summed E-state index contributed by atoms with van der Waals surface area (Å²) in [7, 11) is 0. The van der Waals surface area contributed by atoms with Crippen LogP contribution in [0.4, 0.5) is 5.82 Å². The highest BCUT2D eigenvalue weighted by Gasteiger charge is 2.18. The summed E-state index contributed by atoms with van der Waals surface area (Å²) in [6.07, 6.45) is 2.56. The van der Waals surface area contributed by atoms with Gasteiger partial charge in [-0.25, -0.2) is 14.6 Å². The quantitative estimate of drug-likeness (QED) is 0.341. The van der Waals surface area contributed by atoms with E-state index in [9.17, 15) is 4.79 Å². The number of amides is 1. The number of nitrogens with one attached hydrogen (secondary N) is 2. The summed E-state index contributed by atoms with van der Waals surface area (Å²) >= 11 is 1.61. The number of aromatic nitrogens is 4. The first-order valence-corrected chi connectivity index (χ1v) is 11.9. The number of carbonyl (C=O) groups excluding carboxylic acids is 1. The molecule has 1 aromatic carbocycles. The van der Waals surface area contributed by atoms with Crippen LogP contribution >= 0.6 is 11.8 Å². The molecule has 0 radical (unpaired) electrons. The van der Waals surface area contributed by atoms with Crippen molar-refractivity contribution in [1.29, 1.82) is 0 Å². The normalized spacial score (nSPS) is 12.3. The molecule has 1 amide bonds. The van der Waals surface area contributed by atoms with Crippen LogP contribution in [-0.4, -0.2) is 44.5 Å². The Hall–Kier alpha value is -2.61. The fourth-order valence-corrected chi connectivity index (χ4v) is 3.96. The summed E-state index contributed by atoms with van der Waals surface area (Å²) in [5.41, 5.74) is 1.84. The number of thioether (sulfide) groups is 1. The Balaban J connectivity index is 1.71. The molecule has 3 rings (SSSR count). The number of carbonyl (C=O) groups is 1. The Morgan fingerprint density at radius 1 is 1.16 bits per heavy atom. The predicted octanol–water partition coefficient (Wildman–Crippen LogP) is 4.32. The van der Waals surface area contributed by atoms with Crippen LogP contribution in [0.15, 0.2) is 41.7 Å². The number of anilines is 1. The van der Waals surface area contributed by atoms with Crippen LogP contribution in [-0.2, 0) is 11.3 Å². The van der Waals surface area contributed by atoms with E-state index in [0.717, 1.165) is 46.3 Å². The van der Waals surface area contributed by atoms with E-state index in [1.807, 2.05) is 41.9 Å². The lowest BCUT2D eigenvalue weighted by atomic mass is 9.96. The van der Waals surface area contributed by atoms with Crippen molar-refractivity contribution in [3.05, 3.63) is 42.1 Å². The van der Waals surface area contributed by atoms with Crippen molar-refractivity contribution >= 4 is 34.5 Å². The zero-order chi connectivity index (χ0) is 22.2. The standard InChI is InChI=1S/C23H32N6OS/c1-5-18(17-10-8-7-9-11-17)22(30)24-12-13-29-21-19(15-26-29)20(25-14-16(3)4)27-23(28-21)31-6-2/h7-11,15-16,18H,5-6,12-14H2,1-4H3,(H,24,30)(H,25,27,28). The molecule has 0 saturated carbocycles. The first-order chi connectivity index (χ1) is 15.0. The van der Waals surface area contributed by atoms with E-state index in [-0.39, 0.29) is 11.8 Å². The first-order valence-electron chi connectivity index (χ1n) is 11.0. The van der Waals surface area contributed by atoms with Gasteiger partial charge in [0.05, 0.1) is 24.0 Å². The highest BCUT2D eigenvalue weighted by Crippen LogP contribution is 2.24. The summed E-state index contributed by atoms with van der Waals surface area (Å²) in [4.78, 5) is 22.1. The number of hydrogen-bond donors (Lipinski definition) is 2. The average molecular weight is 441 g/mol. The van der Waals surface area contributed by atoms with Crippen molar-refractivity contribution in [3.8, 4) is 0 Å². The molecule has 2 heterocycles. The van der Waals surface area contributed by atoms with E-state index in [2.05, 4.69) is 41.5 Å². The molecule has 7 nitrogen and oxygen atoms in total. The molecule has 2 aromatic heterocycles. The van der Waals surface area contributed by atoms with Gasteiger partial charge >= 0.3 is 0 Å². The second kappa shape index (κ2) is 11.1. The van der Waals surface area contributed by atoms with Crippen molar-refractivity contribution in [2.24, 2.45) is 5.92 Å². The maximum absolute atomic E-state index is 12.7. The Bertz CT molecular complexity index is 988. The molecule has 0 bridgehead atoms. The summed E-state index contributed by atoms with van der Waals surface area (Å²) in [5.74, 6) is 2.13. The monoisotopic (exact) mass is 440 g/mol. The van der Waals surface area contributed by atoms with Crippen LogP contribution in [0.2, 0.25) is 0 Å². The molecule has 31 heavy (non-hydrogen) atoms. The minimum atomic E-state index is -0.141. The molecule has 1 unspecified atom stereocenters.